The summed E-state index contributed by atoms with van der Waals surface area (Å²) in [7, 11) is 1.63. The lowest BCUT2D eigenvalue weighted by molar-refractivity contribution is -0.113. The summed E-state index contributed by atoms with van der Waals surface area (Å²) in [5.41, 5.74) is 2.79. The van der Waals surface area contributed by atoms with Crippen LogP contribution in [0.15, 0.2) is 78.2 Å². The topological polar surface area (TPSA) is 74.0 Å². The summed E-state index contributed by atoms with van der Waals surface area (Å²) in [5, 5.41) is 12.2. The van der Waals surface area contributed by atoms with Crippen molar-refractivity contribution in [3.63, 3.8) is 0 Å². The maximum atomic E-state index is 12.4. The Hall–Kier alpha value is -3.52. The Bertz CT molecular complexity index is 1140. The number of carbonyl (C=O) groups is 1. The average molecular weight is 420 g/mol. The van der Waals surface area contributed by atoms with Gasteiger partial charge in [0.2, 0.25) is 11.1 Å². The quantitative estimate of drug-likeness (QED) is 0.457. The molecule has 0 aliphatic rings. The lowest BCUT2D eigenvalue weighted by Crippen LogP contribution is -2.15. The largest absolute Gasteiger partial charge is 0.497 e. The Morgan fingerprint density at radius 2 is 1.83 bits per heavy atom. The highest BCUT2D eigenvalue weighted by Crippen LogP contribution is 2.27. The number of hydrogen-bond donors (Lipinski definition) is 1. The Morgan fingerprint density at radius 1 is 1.07 bits per heavy atom. The molecule has 0 spiro atoms. The molecule has 0 bridgehead atoms. The van der Waals surface area contributed by atoms with Crippen molar-refractivity contribution in [3.8, 4) is 17.1 Å². The molecule has 0 atom stereocenters. The van der Waals surface area contributed by atoms with Gasteiger partial charge < -0.3 is 10.1 Å². The van der Waals surface area contributed by atoms with Crippen molar-refractivity contribution in [3.05, 3.63) is 78.6 Å². The summed E-state index contributed by atoms with van der Waals surface area (Å²) in [4.78, 5) is 12.4. The van der Waals surface area contributed by atoms with Gasteiger partial charge in [-0.3, -0.25) is 9.47 Å². The fourth-order valence-corrected chi connectivity index (χ4v) is 3.66. The van der Waals surface area contributed by atoms with Crippen molar-refractivity contribution < 1.29 is 9.53 Å². The molecule has 0 aliphatic heterocycles. The standard InChI is InChI=1S/C22H21N5O2S/c1-16-8-10-18(11-9-16)23-20(28)15-30-22-25-24-21(27(22)26-12-3-4-13-26)17-6-5-7-19(14-17)29-2/h3-14H,15H2,1-2H3,(H,23,28). The molecule has 0 aliphatic carbocycles. The van der Waals surface area contributed by atoms with E-state index < -0.39 is 0 Å². The Balaban J connectivity index is 1.56. The van der Waals surface area contributed by atoms with Crippen LogP contribution in [-0.2, 0) is 4.79 Å². The molecule has 1 N–H and O–H groups in total. The van der Waals surface area contributed by atoms with E-state index in [4.69, 9.17) is 4.74 Å². The van der Waals surface area contributed by atoms with Gasteiger partial charge in [-0.25, -0.2) is 4.68 Å². The fraction of sp³-hybridized carbons (Fsp3) is 0.136. The van der Waals surface area contributed by atoms with Crippen LogP contribution < -0.4 is 10.1 Å². The van der Waals surface area contributed by atoms with Crippen molar-refractivity contribution in [2.75, 3.05) is 18.2 Å². The summed E-state index contributed by atoms with van der Waals surface area (Å²) in [6, 6.07) is 19.2. The highest BCUT2D eigenvalue weighted by Gasteiger charge is 2.17. The first-order valence-electron chi connectivity index (χ1n) is 9.37. The van der Waals surface area contributed by atoms with Gasteiger partial charge in [0.25, 0.3) is 0 Å². The number of carbonyl (C=O) groups excluding carboxylic acids is 1. The molecule has 0 saturated heterocycles. The molecule has 0 saturated carbocycles. The highest BCUT2D eigenvalue weighted by atomic mass is 32.2. The first-order valence-corrected chi connectivity index (χ1v) is 10.4. The number of aryl methyl sites for hydroxylation is 1. The third-order valence-electron chi connectivity index (χ3n) is 4.43. The van der Waals surface area contributed by atoms with Crippen molar-refractivity contribution in [2.45, 2.75) is 12.1 Å². The van der Waals surface area contributed by atoms with Crippen LogP contribution in [0.2, 0.25) is 0 Å². The maximum absolute atomic E-state index is 12.4. The zero-order valence-corrected chi connectivity index (χ0v) is 17.5. The van der Waals surface area contributed by atoms with Crippen LogP contribution >= 0.6 is 11.8 Å². The second-order valence-electron chi connectivity index (χ2n) is 6.62. The summed E-state index contributed by atoms with van der Waals surface area (Å²) < 4.78 is 9.09. The number of rotatable bonds is 7. The number of methoxy groups -OCH3 is 1. The van der Waals surface area contributed by atoms with Crippen LogP contribution in [0.25, 0.3) is 11.4 Å². The van der Waals surface area contributed by atoms with Crippen LogP contribution in [0.4, 0.5) is 5.69 Å². The van der Waals surface area contributed by atoms with Gasteiger partial charge in [-0.2, -0.15) is 0 Å². The molecule has 2 aromatic heterocycles. The molecule has 1 amide bonds. The van der Waals surface area contributed by atoms with E-state index in [1.807, 2.05) is 89.3 Å². The molecular weight excluding hydrogens is 398 g/mol. The molecule has 30 heavy (non-hydrogen) atoms. The van der Waals surface area contributed by atoms with E-state index in [1.54, 1.807) is 7.11 Å². The van der Waals surface area contributed by atoms with Crippen molar-refractivity contribution in [1.82, 2.24) is 19.5 Å². The average Bonchev–Trinajstić information content (AvgIpc) is 3.43. The lowest BCUT2D eigenvalue weighted by atomic mass is 10.2. The molecule has 8 heteroatoms. The zero-order valence-electron chi connectivity index (χ0n) is 16.6. The molecule has 2 aromatic carbocycles. The lowest BCUT2D eigenvalue weighted by Gasteiger charge is -2.12. The number of thioether (sulfide) groups is 1. The van der Waals surface area contributed by atoms with E-state index in [2.05, 4.69) is 15.5 Å². The number of hydrogen-bond acceptors (Lipinski definition) is 5. The first kappa shape index (κ1) is 19.8. The van der Waals surface area contributed by atoms with Crippen LogP contribution in [0.5, 0.6) is 5.75 Å². The van der Waals surface area contributed by atoms with Crippen LogP contribution in [0.1, 0.15) is 5.56 Å². The SMILES string of the molecule is COc1cccc(-c2nnc(SCC(=O)Nc3ccc(C)cc3)n2-n2cccc2)c1. The zero-order chi connectivity index (χ0) is 20.9. The van der Waals surface area contributed by atoms with Gasteiger partial charge in [0.15, 0.2) is 5.82 Å². The number of benzene rings is 2. The molecular formula is C22H21N5O2S. The van der Waals surface area contributed by atoms with Crippen LogP contribution in [0.3, 0.4) is 0 Å². The van der Waals surface area contributed by atoms with E-state index in [0.29, 0.717) is 11.0 Å². The second kappa shape index (κ2) is 8.87. The van der Waals surface area contributed by atoms with Crippen molar-refractivity contribution in [2.24, 2.45) is 0 Å². The van der Waals surface area contributed by atoms with E-state index in [1.165, 1.54) is 11.8 Å². The monoisotopic (exact) mass is 419 g/mol. The van der Waals surface area contributed by atoms with Crippen molar-refractivity contribution >= 4 is 23.4 Å². The van der Waals surface area contributed by atoms with E-state index in [-0.39, 0.29) is 11.7 Å². The molecule has 7 nitrogen and oxygen atoms in total. The molecule has 0 radical (unpaired) electrons. The molecule has 152 valence electrons. The molecule has 4 rings (SSSR count). The number of aromatic nitrogens is 4. The molecule has 4 aromatic rings. The van der Waals surface area contributed by atoms with Crippen LogP contribution in [0, 0.1) is 6.92 Å². The van der Waals surface area contributed by atoms with Gasteiger partial charge >= 0.3 is 0 Å². The summed E-state index contributed by atoms with van der Waals surface area (Å²) in [5.74, 6) is 1.51. The first-order chi connectivity index (χ1) is 14.6. The van der Waals surface area contributed by atoms with E-state index >= 15 is 0 Å². The smallest absolute Gasteiger partial charge is 0.234 e. The van der Waals surface area contributed by atoms with E-state index in [0.717, 1.165) is 22.6 Å². The Labute approximate surface area is 178 Å². The second-order valence-corrected chi connectivity index (χ2v) is 7.56. The van der Waals surface area contributed by atoms with Gasteiger partial charge in [0.1, 0.15) is 5.75 Å². The Morgan fingerprint density at radius 3 is 2.57 bits per heavy atom. The van der Waals surface area contributed by atoms with Gasteiger partial charge in [-0.05, 0) is 43.3 Å². The number of nitrogens with zero attached hydrogens (tertiary/aromatic N) is 4. The summed E-state index contributed by atoms with van der Waals surface area (Å²) >= 11 is 1.33. The highest BCUT2D eigenvalue weighted by molar-refractivity contribution is 7.99. The minimum absolute atomic E-state index is 0.103. The summed E-state index contributed by atoms with van der Waals surface area (Å²) in [6.07, 6.45) is 3.81. The van der Waals surface area contributed by atoms with Gasteiger partial charge in [0.05, 0.1) is 12.9 Å². The Kier molecular flexibility index (Phi) is 5.85. The van der Waals surface area contributed by atoms with Crippen molar-refractivity contribution in [1.29, 1.82) is 0 Å². The van der Waals surface area contributed by atoms with E-state index in [9.17, 15) is 4.79 Å². The predicted octanol–water partition coefficient (Wildman–Crippen LogP) is 4.11. The molecule has 0 unspecified atom stereocenters. The predicted molar refractivity (Wildman–Crippen MR) is 118 cm³/mol. The number of amides is 1. The normalized spacial score (nSPS) is 10.7. The number of nitrogens with one attached hydrogen (secondary N) is 1. The third-order valence-corrected chi connectivity index (χ3v) is 5.35. The van der Waals surface area contributed by atoms with Gasteiger partial charge in [-0.1, -0.05) is 41.6 Å². The van der Waals surface area contributed by atoms with Crippen LogP contribution in [-0.4, -0.2) is 38.3 Å². The molecule has 2 heterocycles. The summed E-state index contributed by atoms with van der Waals surface area (Å²) in [6.45, 7) is 2.01. The molecule has 0 fully saturated rings. The van der Waals surface area contributed by atoms with Gasteiger partial charge in [0, 0.05) is 23.6 Å². The van der Waals surface area contributed by atoms with Gasteiger partial charge in [-0.15, -0.1) is 10.2 Å². The third kappa shape index (κ3) is 4.38. The minimum atomic E-state index is -0.103. The maximum Gasteiger partial charge on any atom is 0.234 e. The minimum Gasteiger partial charge on any atom is -0.497 e. The number of ether oxygens (including phenoxy) is 1. The number of anilines is 1. The fourth-order valence-electron chi connectivity index (χ4n) is 2.93.